The minimum Gasteiger partial charge on any atom is -0.371 e. The van der Waals surface area contributed by atoms with E-state index in [0.717, 1.165) is 5.56 Å². The zero-order valence-corrected chi connectivity index (χ0v) is 31.3. The van der Waals surface area contributed by atoms with E-state index >= 15 is 0 Å². The molecule has 1 aromatic heterocycles. The zero-order chi connectivity index (χ0) is 36.8. The molecule has 5 aromatic carbocycles. The fraction of sp³-hybridized carbons (Fsp3) is 0.205. The number of benzene rings is 5. The molecule has 1 unspecified atom stereocenters. The first-order valence-electron chi connectivity index (χ1n) is 16.4. The van der Waals surface area contributed by atoms with E-state index in [-0.39, 0.29) is 31.7 Å². The molecule has 1 N–H and O–H groups in total. The summed E-state index contributed by atoms with van der Waals surface area (Å²) in [5.74, 6) is 0. The Morgan fingerprint density at radius 2 is 1.00 bits per heavy atom. The molecule has 1 heterocycles. The highest BCUT2D eigenvalue weighted by Crippen LogP contribution is 2.37. The van der Waals surface area contributed by atoms with Crippen LogP contribution in [0.25, 0.3) is 16.7 Å². The molecule has 0 amide bonds. The summed E-state index contributed by atoms with van der Waals surface area (Å²) in [5.41, 5.74) is 1.78. The van der Waals surface area contributed by atoms with Crippen molar-refractivity contribution in [1.82, 2.24) is 9.13 Å². The summed E-state index contributed by atoms with van der Waals surface area (Å²) in [6.45, 7) is 5.70. The highest BCUT2D eigenvalue weighted by molar-refractivity contribution is 7.91. The number of alkyl halides is 1. The predicted molar refractivity (Wildman–Crippen MR) is 200 cm³/mol. The van der Waals surface area contributed by atoms with Gasteiger partial charge >= 0.3 is 5.69 Å². The van der Waals surface area contributed by atoms with Crippen molar-refractivity contribution in [1.29, 1.82) is 0 Å². The maximum Gasteiger partial charge on any atom is 0.334 e. The van der Waals surface area contributed by atoms with Gasteiger partial charge in [-0.1, -0.05) is 80.4 Å². The molecule has 8 nitrogen and oxygen atoms in total. The number of fused-ring (bicyclic) bond motifs is 1. The quantitative estimate of drug-likeness (QED) is 0.133. The van der Waals surface area contributed by atoms with Crippen LogP contribution in [0, 0.1) is 0 Å². The molecule has 264 valence electrons. The van der Waals surface area contributed by atoms with E-state index in [0.29, 0.717) is 40.1 Å². The fourth-order valence-corrected chi connectivity index (χ4v) is 9.39. The highest BCUT2D eigenvalue weighted by atomic mass is 35.5. The van der Waals surface area contributed by atoms with E-state index < -0.39 is 30.3 Å². The average Bonchev–Trinajstić information content (AvgIpc) is 3.44. The summed E-state index contributed by atoms with van der Waals surface area (Å²) >= 11 is 12.1. The third-order valence-corrected chi connectivity index (χ3v) is 14.0. The minimum atomic E-state index is -3.92. The lowest BCUT2D eigenvalue weighted by atomic mass is 9.84. The lowest BCUT2D eigenvalue weighted by Crippen LogP contribution is -2.41. The van der Waals surface area contributed by atoms with Gasteiger partial charge in [0.15, 0.2) is 5.06 Å². The molecule has 0 aliphatic heterocycles. The molecule has 0 aliphatic carbocycles. The van der Waals surface area contributed by atoms with E-state index in [1.807, 2.05) is 38.1 Å². The summed E-state index contributed by atoms with van der Waals surface area (Å²) < 4.78 is 57.1. The van der Waals surface area contributed by atoms with Crippen molar-refractivity contribution in [2.24, 2.45) is 0 Å². The van der Waals surface area contributed by atoms with Gasteiger partial charge in [0.25, 0.3) is 0 Å². The number of hydrogen-bond donors (Lipinski definition) is 1. The molecular weight excluding hydrogens is 727 g/mol. The molecule has 51 heavy (non-hydrogen) atoms. The van der Waals surface area contributed by atoms with Crippen LogP contribution in [0.3, 0.4) is 0 Å². The molecular formula is C39H36Cl2N2O6S2. The Bertz CT molecular complexity index is 2490. The third-order valence-electron chi connectivity index (χ3n) is 9.65. The minimum absolute atomic E-state index is 0.0394. The molecule has 1 atom stereocenters. The van der Waals surface area contributed by atoms with Gasteiger partial charge in [0.2, 0.25) is 19.7 Å². The van der Waals surface area contributed by atoms with E-state index in [1.54, 1.807) is 52.5 Å². The van der Waals surface area contributed by atoms with E-state index in [1.165, 1.54) is 60.7 Å². The van der Waals surface area contributed by atoms with Gasteiger partial charge in [-0.15, -0.1) is 0 Å². The van der Waals surface area contributed by atoms with E-state index in [9.17, 15) is 26.7 Å². The van der Waals surface area contributed by atoms with Crippen LogP contribution in [-0.2, 0) is 30.3 Å². The van der Waals surface area contributed by atoms with Crippen LogP contribution in [0.5, 0.6) is 0 Å². The van der Waals surface area contributed by atoms with Gasteiger partial charge in [-0.3, -0.25) is 9.13 Å². The summed E-state index contributed by atoms with van der Waals surface area (Å²) in [7, 11) is -7.72. The average molecular weight is 764 g/mol. The Labute approximate surface area is 307 Å². The number of aliphatic hydroxyl groups is 1. The van der Waals surface area contributed by atoms with E-state index in [4.69, 9.17) is 23.2 Å². The van der Waals surface area contributed by atoms with Gasteiger partial charge < -0.3 is 5.11 Å². The van der Waals surface area contributed by atoms with E-state index in [2.05, 4.69) is 0 Å². The number of rotatable bonds is 11. The summed E-state index contributed by atoms with van der Waals surface area (Å²) in [4.78, 5) is 14.9. The van der Waals surface area contributed by atoms with Crippen molar-refractivity contribution >= 4 is 53.9 Å². The molecule has 0 bridgehead atoms. The number of para-hydroxylation sites is 2. The second-order valence-electron chi connectivity index (χ2n) is 12.3. The van der Waals surface area contributed by atoms with Crippen LogP contribution in [0.4, 0.5) is 0 Å². The van der Waals surface area contributed by atoms with Gasteiger partial charge in [0.1, 0.15) is 0 Å². The molecule has 0 fully saturated rings. The molecule has 0 spiro atoms. The van der Waals surface area contributed by atoms with Crippen LogP contribution in [-0.4, -0.2) is 31.1 Å². The molecule has 0 radical (unpaired) electrons. The van der Waals surface area contributed by atoms with Crippen LogP contribution < -0.4 is 5.69 Å². The fourth-order valence-electron chi connectivity index (χ4n) is 6.61. The van der Waals surface area contributed by atoms with Crippen molar-refractivity contribution in [3.05, 3.63) is 148 Å². The van der Waals surface area contributed by atoms with Gasteiger partial charge in [-0.2, -0.15) is 0 Å². The van der Waals surface area contributed by atoms with Crippen molar-refractivity contribution < 1.29 is 21.9 Å². The number of hydrogen-bond acceptors (Lipinski definition) is 6. The SMILES string of the molecule is CCC(O)(Cl)c1ccc(S(=O)(=O)c2ccc(-n3c(=O)n(C(CC)(CC)c4ccc(S(=O)(=O)c5ccc(Cl)cc5)cc4)c4ccccc43)cc2)cc1. The standard InChI is InChI=1S/C39H36Cl2N2O6S2/c1-4-38(5-2,27-11-19-31(20-12-27)50(46,47)33-23-15-29(40)16-24-33)43-36-10-8-7-9-35(36)42(37(43)44)30-17-25-34(26-18-30)51(48,49)32-21-13-28(14-22-32)39(41,45)6-3/h7-26,45H,4-6H2,1-3H3. The first kappa shape index (κ1) is 36.6. The first-order valence-corrected chi connectivity index (χ1v) is 20.1. The summed E-state index contributed by atoms with van der Waals surface area (Å²) in [5, 5.41) is 9.18. The Balaban J connectivity index is 1.41. The van der Waals surface area contributed by atoms with Crippen LogP contribution in [0.2, 0.25) is 5.02 Å². The highest BCUT2D eigenvalue weighted by Gasteiger charge is 2.36. The molecule has 12 heteroatoms. The van der Waals surface area contributed by atoms with Crippen molar-refractivity contribution in [3.8, 4) is 5.69 Å². The van der Waals surface area contributed by atoms with Crippen LogP contribution in [0.15, 0.2) is 146 Å². The third kappa shape index (κ3) is 6.33. The number of sulfone groups is 2. The number of imidazole rings is 1. The Morgan fingerprint density at radius 1 is 0.588 bits per heavy atom. The molecule has 6 rings (SSSR count). The summed E-state index contributed by atoms with van der Waals surface area (Å²) in [6, 6.07) is 32.0. The number of aromatic nitrogens is 2. The number of nitrogens with zero attached hydrogens (tertiary/aromatic N) is 2. The molecule has 0 saturated heterocycles. The second-order valence-corrected chi connectivity index (χ2v) is 17.3. The zero-order valence-electron chi connectivity index (χ0n) is 28.1. The maximum absolute atomic E-state index is 14.6. The second kappa shape index (κ2) is 13.7. The lowest BCUT2D eigenvalue weighted by molar-refractivity contribution is 0.124. The Morgan fingerprint density at radius 3 is 1.45 bits per heavy atom. The number of halogens is 2. The summed E-state index contributed by atoms with van der Waals surface area (Å²) in [6.07, 6.45) is 1.29. The normalized spacial score (nSPS) is 13.7. The predicted octanol–water partition coefficient (Wildman–Crippen LogP) is 8.47. The largest absolute Gasteiger partial charge is 0.371 e. The van der Waals surface area contributed by atoms with Crippen LogP contribution >= 0.6 is 23.2 Å². The Kier molecular flexibility index (Phi) is 9.86. The Hall–Kier alpha value is -4.19. The molecule has 0 saturated carbocycles. The monoisotopic (exact) mass is 762 g/mol. The van der Waals surface area contributed by atoms with Gasteiger partial charge in [0, 0.05) is 5.02 Å². The van der Waals surface area contributed by atoms with Crippen LogP contribution in [0.1, 0.15) is 51.2 Å². The molecule has 6 aromatic rings. The maximum atomic E-state index is 14.6. The molecule has 0 aliphatic rings. The van der Waals surface area contributed by atoms with Crippen molar-refractivity contribution in [2.75, 3.05) is 0 Å². The lowest BCUT2D eigenvalue weighted by Gasteiger charge is -2.34. The van der Waals surface area contributed by atoms with Gasteiger partial charge in [-0.25, -0.2) is 21.6 Å². The topological polar surface area (TPSA) is 115 Å². The first-order chi connectivity index (χ1) is 24.2. The van der Waals surface area contributed by atoms with Crippen molar-refractivity contribution in [2.45, 2.75) is 70.2 Å². The smallest absolute Gasteiger partial charge is 0.334 e. The van der Waals surface area contributed by atoms with Gasteiger partial charge in [0.05, 0.1) is 41.8 Å². The van der Waals surface area contributed by atoms with Gasteiger partial charge in [-0.05, 0) is 115 Å². The van der Waals surface area contributed by atoms with Crippen molar-refractivity contribution in [3.63, 3.8) is 0 Å².